The molecule has 6 nitrogen and oxygen atoms in total. The van der Waals surface area contributed by atoms with Crippen molar-refractivity contribution in [1.29, 1.82) is 0 Å². The minimum Gasteiger partial charge on any atom is -0.321 e. The van der Waals surface area contributed by atoms with Crippen LogP contribution in [-0.4, -0.2) is 21.5 Å². The zero-order valence-corrected chi connectivity index (χ0v) is 14.0. The van der Waals surface area contributed by atoms with Crippen molar-refractivity contribution < 1.29 is 9.59 Å². The second kappa shape index (κ2) is 5.70. The number of aromatic amines is 1. The second-order valence-corrected chi connectivity index (χ2v) is 6.08. The second-order valence-electron chi connectivity index (χ2n) is 6.08. The zero-order valence-electron chi connectivity index (χ0n) is 14.0. The van der Waals surface area contributed by atoms with Crippen molar-refractivity contribution in [1.82, 2.24) is 9.78 Å². The summed E-state index contributed by atoms with van der Waals surface area (Å²) in [6, 6.07) is 13.9. The van der Waals surface area contributed by atoms with Gasteiger partial charge in [-0.15, -0.1) is 0 Å². The number of para-hydroxylation sites is 1. The Morgan fingerprint density at radius 1 is 1.04 bits per heavy atom. The fraction of sp³-hybridized carbons (Fsp3) is 0.0500. The van der Waals surface area contributed by atoms with Crippen molar-refractivity contribution in [2.75, 3.05) is 5.32 Å². The van der Waals surface area contributed by atoms with Gasteiger partial charge in [0.2, 0.25) is 0 Å². The maximum absolute atomic E-state index is 13.0. The molecule has 2 N–H and O–H groups in total. The van der Waals surface area contributed by atoms with Crippen LogP contribution in [-0.2, 0) is 4.79 Å². The standard InChI is InChI=1S/C20H15N3O3/c1-11-17(18-15-5-3-4-6-16(15)21-19(18)25)20(26)23(22-11)14-9-7-13(8-10-14)12(2)24/h3-10,22H,1H2,2H3,(H,21,25). The fourth-order valence-electron chi connectivity index (χ4n) is 3.13. The van der Waals surface area contributed by atoms with Crippen LogP contribution in [0, 0.1) is 0 Å². The van der Waals surface area contributed by atoms with Crippen molar-refractivity contribution in [3.8, 4) is 5.69 Å². The van der Waals surface area contributed by atoms with Gasteiger partial charge in [0, 0.05) is 16.8 Å². The van der Waals surface area contributed by atoms with Crippen LogP contribution in [0.3, 0.4) is 0 Å². The summed E-state index contributed by atoms with van der Waals surface area (Å²) in [5.41, 5.74) is 2.41. The molecular weight excluding hydrogens is 330 g/mol. The van der Waals surface area contributed by atoms with Gasteiger partial charge in [-0.25, -0.2) is 4.68 Å². The molecule has 3 aromatic rings. The molecule has 2 aromatic carbocycles. The Kier molecular flexibility index (Phi) is 3.47. The van der Waals surface area contributed by atoms with Gasteiger partial charge in [0.1, 0.15) is 0 Å². The van der Waals surface area contributed by atoms with E-state index in [1.807, 2.05) is 12.1 Å². The number of carbonyl (C=O) groups excluding carboxylic acids is 2. The number of nitrogens with zero attached hydrogens (tertiary/aromatic N) is 1. The van der Waals surface area contributed by atoms with Crippen molar-refractivity contribution in [3.63, 3.8) is 0 Å². The minimum absolute atomic E-state index is 0.0521. The lowest BCUT2D eigenvalue weighted by molar-refractivity contribution is -0.110. The summed E-state index contributed by atoms with van der Waals surface area (Å²) in [6.45, 7) is 5.37. The molecular formula is C20H15N3O3. The van der Waals surface area contributed by atoms with Gasteiger partial charge in [-0.1, -0.05) is 24.8 Å². The summed E-state index contributed by atoms with van der Waals surface area (Å²) in [6.07, 6.45) is 0. The van der Waals surface area contributed by atoms with Gasteiger partial charge in [-0.2, -0.15) is 0 Å². The van der Waals surface area contributed by atoms with Crippen molar-refractivity contribution >= 4 is 29.5 Å². The molecule has 26 heavy (non-hydrogen) atoms. The van der Waals surface area contributed by atoms with E-state index in [0.29, 0.717) is 33.4 Å². The van der Waals surface area contributed by atoms with Crippen molar-refractivity contribution in [2.45, 2.75) is 6.92 Å². The van der Waals surface area contributed by atoms with E-state index in [9.17, 15) is 14.4 Å². The normalized spacial score (nSPS) is 14.9. The minimum atomic E-state index is -0.368. The van der Waals surface area contributed by atoms with E-state index in [1.165, 1.54) is 11.6 Å². The highest BCUT2D eigenvalue weighted by molar-refractivity contribution is 6.31. The number of hydrogen-bond acceptors (Lipinski definition) is 3. The van der Waals surface area contributed by atoms with E-state index < -0.39 is 0 Å². The van der Waals surface area contributed by atoms with E-state index in [2.05, 4.69) is 17.0 Å². The molecule has 0 atom stereocenters. The van der Waals surface area contributed by atoms with Crippen LogP contribution in [0.2, 0.25) is 0 Å². The SMILES string of the molecule is C=c1[nH]n(-c2ccc(C(C)=O)cc2)c(=O)c1=C1C(=O)Nc2ccccc21. The van der Waals surface area contributed by atoms with Gasteiger partial charge in [0.15, 0.2) is 5.78 Å². The maximum Gasteiger partial charge on any atom is 0.279 e. The highest BCUT2D eigenvalue weighted by atomic mass is 16.2. The summed E-state index contributed by atoms with van der Waals surface area (Å²) >= 11 is 0. The van der Waals surface area contributed by atoms with Crippen molar-refractivity contribution in [2.24, 2.45) is 0 Å². The lowest BCUT2D eigenvalue weighted by Gasteiger charge is -2.02. The van der Waals surface area contributed by atoms with Crippen LogP contribution in [0.25, 0.3) is 17.8 Å². The predicted molar refractivity (Wildman–Crippen MR) is 98.7 cm³/mol. The number of hydrogen-bond donors (Lipinski definition) is 2. The van der Waals surface area contributed by atoms with Crippen LogP contribution in [0.4, 0.5) is 5.69 Å². The first kappa shape index (κ1) is 15.8. The lowest BCUT2D eigenvalue weighted by atomic mass is 10.1. The average Bonchev–Trinajstić information content (AvgIpc) is 3.10. The van der Waals surface area contributed by atoms with Gasteiger partial charge in [0.05, 0.1) is 21.8 Å². The number of Topliss-reactive ketones (excluding diaryl/α,β-unsaturated/α-hetero) is 1. The van der Waals surface area contributed by atoms with Crippen LogP contribution in [0.5, 0.6) is 0 Å². The van der Waals surface area contributed by atoms with E-state index in [1.54, 1.807) is 36.4 Å². The summed E-state index contributed by atoms with van der Waals surface area (Å²) in [5.74, 6) is -0.380. The molecule has 1 aliphatic rings. The third-order valence-corrected chi connectivity index (χ3v) is 4.42. The number of fused-ring (bicyclic) bond motifs is 1. The molecule has 0 spiro atoms. The number of benzene rings is 2. The molecule has 0 unspecified atom stereocenters. The van der Waals surface area contributed by atoms with E-state index in [4.69, 9.17) is 0 Å². The first-order valence-corrected chi connectivity index (χ1v) is 8.04. The smallest absolute Gasteiger partial charge is 0.279 e. The first-order valence-electron chi connectivity index (χ1n) is 8.04. The van der Waals surface area contributed by atoms with Crippen molar-refractivity contribution in [3.05, 3.63) is 80.6 Å². The summed E-state index contributed by atoms with van der Waals surface area (Å²) < 4.78 is 1.32. The molecule has 2 heterocycles. The Hall–Kier alpha value is -3.67. The summed E-state index contributed by atoms with van der Waals surface area (Å²) in [7, 11) is 0. The van der Waals surface area contributed by atoms with Crippen LogP contribution >= 0.6 is 0 Å². The molecule has 128 valence electrons. The summed E-state index contributed by atoms with van der Waals surface area (Å²) in [5, 5.41) is 6.27. The number of ketones is 1. The number of amides is 1. The van der Waals surface area contributed by atoms with E-state index in [-0.39, 0.29) is 22.5 Å². The maximum atomic E-state index is 13.0. The quantitative estimate of drug-likeness (QED) is 0.678. The molecule has 1 aromatic heterocycles. The molecule has 4 rings (SSSR count). The molecule has 0 saturated heterocycles. The van der Waals surface area contributed by atoms with Gasteiger partial charge < -0.3 is 5.32 Å². The van der Waals surface area contributed by atoms with Crippen LogP contribution in [0.15, 0.2) is 53.3 Å². The lowest BCUT2D eigenvalue weighted by Crippen LogP contribution is -2.38. The Morgan fingerprint density at radius 3 is 2.42 bits per heavy atom. The molecule has 0 fully saturated rings. The number of aromatic nitrogens is 2. The molecule has 0 aliphatic carbocycles. The molecule has 0 radical (unpaired) electrons. The molecule has 0 saturated carbocycles. The molecule has 1 aliphatic heterocycles. The number of carbonyl (C=O) groups is 2. The molecule has 1 amide bonds. The number of nitrogens with one attached hydrogen (secondary N) is 2. The topological polar surface area (TPSA) is 84.0 Å². The third-order valence-electron chi connectivity index (χ3n) is 4.42. The number of H-pyrrole nitrogens is 1. The van der Waals surface area contributed by atoms with E-state index >= 15 is 0 Å². The van der Waals surface area contributed by atoms with Gasteiger partial charge in [-0.05, 0) is 37.3 Å². The molecule has 6 heteroatoms. The zero-order chi connectivity index (χ0) is 18.4. The predicted octanol–water partition coefficient (Wildman–Crippen LogP) is 0.930. The summed E-state index contributed by atoms with van der Waals surface area (Å²) in [4.78, 5) is 36.8. The highest BCUT2D eigenvalue weighted by Gasteiger charge is 2.26. The third kappa shape index (κ3) is 2.31. The number of rotatable bonds is 2. The van der Waals surface area contributed by atoms with Gasteiger partial charge in [0.25, 0.3) is 11.5 Å². The van der Waals surface area contributed by atoms with Gasteiger partial charge >= 0.3 is 0 Å². The Labute approximate surface area is 148 Å². The highest BCUT2D eigenvalue weighted by Crippen LogP contribution is 2.28. The van der Waals surface area contributed by atoms with E-state index in [0.717, 1.165) is 0 Å². The Morgan fingerprint density at radius 2 is 1.73 bits per heavy atom. The Balaban J connectivity index is 1.97. The van der Waals surface area contributed by atoms with Gasteiger partial charge in [-0.3, -0.25) is 19.5 Å². The largest absolute Gasteiger partial charge is 0.321 e. The van der Waals surface area contributed by atoms with Crippen LogP contribution < -0.4 is 21.4 Å². The number of anilines is 1. The first-order chi connectivity index (χ1) is 12.5. The van der Waals surface area contributed by atoms with Crippen LogP contribution in [0.1, 0.15) is 22.8 Å². The monoisotopic (exact) mass is 345 g/mol. The molecule has 0 bridgehead atoms. The Bertz CT molecular complexity index is 1230. The average molecular weight is 345 g/mol. The fourth-order valence-corrected chi connectivity index (χ4v) is 3.13.